The second-order valence-electron chi connectivity index (χ2n) is 7.74. The predicted molar refractivity (Wildman–Crippen MR) is 137 cm³/mol. The first kappa shape index (κ1) is 24.0. The molecule has 2 N–H and O–H groups in total. The van der Waals surface area contributed by atoms with Gasteiger partial charge in [-0.2, -0.15) is 0 Å². The van der Waals surface area contributed by atoms with E-state index in [-0.39, 0.29) is 18.0 Å². The van der Waals surface area contributed by atoms with Gasteiger partial charge in [0.2, 0.25) is 5.91 Å². The van der Waals surface area contributed by atoms with E-state index in [9.17, 15) is 14.9 Å². The molecular weight excluding hydrogens is 464 g/mol. The number of rotatable bonds is 10. The van der Waals surface area contributed by atoms with Crippen LogP contribution in [0.4, 0.5) is 17.1 Å². The van der Waals surface area contributed by atoms with Gasteiger partial charge >= 0.3 is 0 Å². The van der Waals surface area contributed by atoms with Gasteiger partial charge in [0.25, 0.3) is 5.69 Å². The van der Waals surface area contributed by atoms with Crippen molar-refractivity contribution in [1.29, 1.82) is 0 Å². The van der Waals surface area contributed by atoms with E-state index in [4.69, 9.17) is 0 Å². The van der Waals surface area contributed by atoms with Crippen molar-refractivity contribution in [2.75, 3.05) is 16.4 Å². The number of anilines is 2. The molecule has 0 atom stereocenters. The molecule has 0 aliphatic rings. The quantitative estimate of drug-likeness (QED) is 0.179. The van der Waals surface area contributed by atoms with E-state index in [2.05, 4.69) is 20.8 Å². The second kappa shape index (κ2) is 11.3. The predicted octanol–water partition coefficient (Wildman–Crippen LogP) is 5.22. The topological polar surface area (TPSA) is 115 Å². The van der Waals surface area contributed by atoms with Crippen molar-refractivity contribution in [3.05, 3.63) is 100 Å². The molecule has 4 rings (SSSR count). The number of para-hydroxylation sites is 1. The minimum Gasteiger partial charge on any atom is -0.378 e. The lowest BCUT2D eigenvalue weighted by Gasteiger charge is -2.11. The number of amides is 1. The van der Waals surface area contributed by atoms with E-state index >= 15 is 0 Å². The molecule has 0 unspecified atom stereocenters. The maximum absolute atomic E-state index is 12.4. The number of nitro benzene ring substituents is 1. The van der Waals surface area contributed by atoms with E-state index < -0.39 is 4.92 Å². The molecule has 0 aliphatic heterocycles. The molecule has 0 radical (unpaired) electrons. The van der Waals surface area contributed by atoms with Gasteiger partial charge in [0.05, 0.1) is 11.5 Å². The van der Waals surface area contributed by atoms with Crippen molar-refractivity contribution >= 4 is 34.7 Å². The third-order valence-electron chi connectivity index (χ3n) is 5.14. The standard InChI is InChI=1S/C25H24N6O3S/c1-18-7-9-19(10-8-18)26-17-23-28-29-25(30(23)21-5-3-2-4-6-21)35-16-15-24(32)27-20-11-13-22(14-12-20)31(33)34/h2-14,26H,15-17H2,1H3,(H,27,32). The van der Waals surface area contributed by atoms with Gasteiger partial charge in [0.1, 0.15) is 0 Å². The first-order valence-corrected chi connectivity index (χ1v) is 12.0. The lowest BCUT2D eigenvalue weighted by atomic mass is 10.2. The monoisotopic (exact) mass is 488 g/mol. The van der Waals surface area contributed by atoms with Crippen LogP contribution < -0.4 is 10.6 Å². The van der Waals surface area contributed by atoms with Crippen molar-refractivity contribution in [3.8, 4) is 5.69 Å². The van der Waals surface area contributed by atoms with E-state index in [1.807, 2.05) is 66.1 Å². The highest BCUT2D eigenvalue weighted by Crippen LogP contribution is 2.24. The van der Waals surface area contributed by atoms with Gasteiger partial charge in [-0.3, -0.25) is 19.5 Å². The minimum absolute atomic E-state index is 0.0218. The largest absolute Gasteiger partial charge is 0.378 e. The molecule has 3 aromatic carbocycles. The van der Waals surface area contributed by atoms with Crippen LogP contribution in [-0.2, 0) is 11.3 Å². The van der Waals surface area contributed by atoms with Crippen LogP contribution in [0.1, 0.15) is 17.8 Å². The zero-order chi connectivity index (χ0) is 24.6. The molecule has 4 aromatic rings. The van der Waals surface area contributed by atoms with Gasteiger partial charge in [0.15, 0.2) is 11.0 Å². The third-order valence-corrected chi connectivity index (χ3v) is 6.07. The first-order chi connectivity index (χ1) is 17.0. The second-order valence-corrected chi connectivity index (χ2v) is 8.80. The van der Waals surface area contributed by atoms with E-state index in [0.717, 1.165) is 17.2 Å². The van der Waals surface area contributed by atoms with Gasteiger partial charge < -0.3 is 10.6 Å². The van der Waals surface area contributed by atoms with Gasteiger partial charge in [0, 0.05) is 41.4 Å². The molecular formula is C25H24N6O3S. The van der Waals surface area contributed by atoms with Crippen LogP contribution in [-0.4, -0.2) is 31.3 Å². The summed E-state index contributed by atoms with van der Waals surface area (Å²) in [4.78, 5) is 22.6. The van der Waals surface area contributed by atoms with Crippen LogP contribution >= 0.6 is 11.8 Å². The number of thioether (sulfide) groups is 1. The van der Waals surface area contributed by atoms with Crippen LogP contribution in [0.3, 0.4) is 0 Å². The number of nitrogens with one attached hydrogen (secondary N) is 2. The average molecular weight is 489 g/mol. The summed E-state index contributed by atoms with van der Waals surface area (Å²) in [6.07, 6.45) is 0.250. The number of non-ortho nitro benzene ring substituents is 1. The summed E-state index contributed by atoms with van der Waals surface area (Å²) < 4.78 is 1.99. The summed E-state index contributed by atoms with van der Waals surface area (Å²) in [5, 5.41) is 26.4. The van der Waals surface area contributed by atoms with Crippen LogP contribution in [0.5, 0.6) is 0 Å². The minimum atomic E-state index is -0.477. The van der Waals surface area contributed by atoms with Crippen molar-refractivity contribution in [3.63, 3.8) is 0 Å². The summed E-state index contributed by atoms with van der Waals surface area (Å²) in [6, 6.07) is 23.7. The summed E-state index contributed by atoms with van der Waals surface area (Å²) in [7, 11) is 0. The number of aryl methyl sites for hydroxylation is 1. The molecule has 9 nitrogen and oxygen atoms in total. The van der Waals surface area contributed by atoms with Crippen LogP contribution in [0.2, 0.25) is 0 Å². The zero-order valence-electron chi connectivity index (χ0n) is 19.0. The number of benzene rings is 3. The number of nitro groups is 1. The maximum Gasteiger partial charge on any atom is 0.269 e. The molecule has 0 aliphatic carbocycles. The Morgan fingerprint density at radius 2 is 1.66 bits per heavy atom. The number of hydrogen-bond acceptors (Lipinski definition) is 7. The van der Waals surface area contributed by atoms with Crippen molar-refractivity contribution in [2.24, 2.45) is 0 Å². The van der Waals surface area contributed by atoms with Crippen molar-refractivity contribution in [2.45, 2.75) is 25.0 Å². The van der Waals surface area contributed by atoms with Gasteiger partial charge in [-0.05, 0) is 43.3 Å². The number of hydrogen-bond donors (Lipinski definition) is 2. The fraction of sp³-hybridized carbons (Fsp3) is 0.160. The van der Waals surface area contributed by atoms with Crippen molar-refractivity contribution in [1.82, 2.24) is 14.8 Å². The Labute approximate surface area is 206 Å². The highest BCUT2D eigenvalue weighted by molar-refractivity contribution is 7.99. The summed E-state index contributed by atoms with van der Waals surface area (Å²) in [5.41, 5.74) is 3.62. The third kappa shape index (κ3) is 6.45. The van der Waals surface area contributed by atoms with E-state index in [1.54, 1.807) is 0 Å². The molecule has 0 spiro atoms. The number of aromatic nitrogens is 3. The first-order valence-electron chi connectivity index (χ1n) is 11.0. The molecule has 0 saturated carbocycles. The van der Waals surface area contributed by atoms with Crippen LogP contribution in [0.25, 0.3) is 5.69 Å². The molecule has 35 heavy (non-hydrogen) atoms. The average Bonchev–Trinajstić information content (AvgIpc) is 3.27. The number of carbonyl (C=O) groups excluding carboxylic acids is 1. The zero-order valence-corrected chi connectivity index (χ0v) is 19.9. The fourth-order valence-electron chi connectivity index (χ4n) is 3.32. The van der Waals surface area contributed by atoms with Gasteiger partial charge in [-0.1, -0.05) is 47.7 Å². The summed E-state index contributed by atoms with van der Waals surface area (Å²) in [5.74, 6) is 1.07. The Balaban J connectivity index is 1.39. The Morgan fingerprint density at radius 1 is 0.971 bits per heavy atom. The molecule has 1 aromatic heterocycles. The van der Waals surface area contributed by atoms with E-state index in [0.29, 0.717) is 23.1 Å². The van der Waals surface area contributed by atoms with Crippen LogP contribution in [0.15, 0.2) is 84.0 Å². The number of carbonyl (C=O) groups is 1. The molecule has 1 amide bonds. The highest BCUT2D eigenvalue weighted by Gasteiger charge is 2.15. The molecule has 0 bridgehead atoms. The molecule has 0 saturated heterocycles. The Kier molecular flexibility index (Phi) is 7.74. The highest BCUT2D eigenvalue weighted by atomic mass is 32.2. The molecule has 0 fully saturated rings. The van der Waals surface area contributed by atoms with Gasteiger partial charge in [-0.25, -0.2) is 0 Å². The summed E-state index contributed by atoms with van der Waals surface area (Å²) >= 11 is 1.44. The van der Waals surface area contributed by atoms with Crippen LogP contribution in [0, 0.1) is 17.0 Å². The Bertz CT molecular complexity index is 1290. The molecule has 178 valence electrons. The molecule has 10 heteroatoms. The summed E-state index contributed by atoms with van der Waals surface area (Å²) in [6.45, 7) is 2.54. The normalized spacial score (nSPS) is 10.7. The Morgan fingerprint density at radius 3 is 2.34 bits per heavy atom. The van der Waals surface area contributed by atoms with Crippen molar-refractivity contribution < 1.29 is 9.72 Å². The SMILES string of the molecule is Cc1ccc(NCc2nnc(SCCC(=O)Nc3ccc([N+](=O)[O-])cc3)n2-c2ccccc2)cc1. The lowest BCUT2D eigenvalue weighted by Crippen LogP contribution is -2.12. The van der Waals surface area contributed by atoms with Gasteiger partial charge in [-0.15, -0.1) is 10.2 Å². The smallest absolute Gasteiger partial charge is 0.269 e. The lowest BCUT2D eigenvalue weighted by molar-refractivity contribution is -0.384. The fourth-order valence-corrected chi connectivity index (χ4v) is 4.23. The maximum atomic E-state index is 12.4. The Hall–Kier alpha value is -4.18. The van der Waals surface area contributed by atoms with E-state index in [1.165, 1.54) is 41.6 Å². The number of nitrogens with zero attached hydrogens (tertiary/aromatic N) is 4. The molecule has 1 heterocycles.